The molecule has 0 N–H and O–H groups in total. The molecule has 31 heavy (non-hydrogen) atoms. The molecule has 0 aliphatic carbocycles. The topological polar surface area (TPSA) is 44.8 Å². The average molecular weight is 505 g/mol. The first-order valence-electron chi connectivity index (χ1n) is 10.5. The number of carbonyl (C=O) groups excluding carboxylic acids is 1. The third kappa shape index (κ3) is 5.80. The molecule has 1 heterocycles. The molecule has 0 radical (unpaired) electrons. The molecule has 4 nitrogen and oxygen atoms in total. The lowest BCUT2D eigenvalue weighted by Gasteiger charge is -2.25. The second kappa shape index (κ2) is 10.0. The van der Waals surface area contributed by atoms with E-state index in [1.54, 1.807) is 20.8 Å². The number of thiophene rings is 1. The van der Waals surface area contributed by atoms with Crippen molar-refractivity contribution in [2.75, 3.05) is 13.2 Å². The molecule has 0 amide bonds. The van der Waals surface area contributed by atoms with Crippen molar-refractivity contribution in [2.24, 2.45) is 0 Å². The molecule has 0 aliphatic rings. The van der Waals surface area contributed by atoms with E-state index in [4.69, 9.17) is 14.2 Å². The van der Waals surface area contributed by atoms with Gasteiger partial charge in [-0.3, -0.25) is 0 Å². The second-order valence-corrected chi connectivity index (χ2v) is 10.1. The standard InChI is InChI=1S/C25H29BrO4S/c1-6-28-24(27)25(4,5)30-21-12-10-19(14-16(21)2)29-13-7-8-22-17(3)20-11-9-18(26)15-23(20)31-22/h9-12,14-15H,6-8,13H2,1-5H3. The van der Waals surface area contributed by atoms with Crippen molar-refractivity contribution in [1.29, 1.82) is 0 Å². The van der Waals surface area contributed by atoms with Gasteiger partial charge in [-0.25, -0.2) is 4.79 Å². The number of aryl methyl sites for hydroxylation is 3. The molecule has 0 saturated heterocycles. The number of rotatable bonds is 9. The molecule has 0 unspecified atom stereocenters. The van der Waals surface area contributed by atoms with Crippen molar-refractivity contribution >= 4 is 43.3 Å². The van der Waals surface area contributed by atoms with E-state index >= 15 is 0 Å². The van der Waals surface area contributed by atoms with E-state index in [1.807, 2.05) is 36.5 Å². The van der Waals surface area contributed by atoms with E-state index in [9.17, 15) is 4.79 Å². The van der Waals surface area contributed by atoms with Gasteiger partial charge in [0.15, 0.2) is 5.60 Å². The Kier molecular flexibility index (Phi) is 7.65. The summed E-state index contributed by atoms with van der Waals surface area (Å²) in [6.07, 6.45) is 1.94. The van der Waals surface area contributed by atoms with Crippen molar-refractivity contribution in [2.45, 2.75) is 53.1 Å². The Morgan fingerprint density at radius 3 is 2.61 bits per heavy atom. The zero-order valence-electron chi connectivity index (χ0n) is 18.7. The molecule has 1 aromatic heterocycles. The van der Waals surface area contributed by atoms with Gasteiger partial charge in [-0.2, -0.15) is 0 Å². The minimum Gasteiger partial charge on any atom is -0.494 e. The van der Waals surface area contributed by atoms with Gasteiger partial charge in [-0.15, -0.1) is 11.3 Å². The molecule has 166 valence electrons. The molecule has 0 aliphatic heterocycles. The first kappa shape index (κ1) is 23.6. The lowest BCUT2D eigenvalue weighted by atomic mass is 10.1. The lowest BCUT2D eigenvalue weighted by molar-refractivity contribution is -0.158. The summed E-state index contributed by atoms with van der Waals surface area (Å²) in [6.45, 7) is 10.3. The number of carbonyl (C=O) groups is 1. The van der Waals surface area contributed by atoms with Gasteiger partial charge in [0.1, 0.15) is 11.5 Å². The maximum atomic E-state index is 12.1. The molecular formula is C25H29BrO4S. The van der Waals surface area contributed by atoms with Crippen LogP contribution in [-0.2, 0) is 16.0 Å². The summed E-state index contributed by atoms with van der Waals surface area (Å²) in [5.74, 6) is 1.08. The summed E-state index contributed by atoms with van der Waals surface area (Å²) in [6, 6.07) is 12.1. The molecule has 3 rings (SSSR count). The summed E-state index contributed by atoms with van der Waals surface area (Å²) in [7, 11) is 0. The predicted octanol–water partition coefficient (Wildman–Crippen LogP) is 7.01. The maximum absolute atomic E-state index is 12.1. The van der Waals surface area contributed by atoms with E-state index in [0.29, 0.717) is 19.0 Å². The number of hydrogen-bond acceptors (Lipinski definition) is 5. The minimum absolute atomic E-state index is 0.329. The van der Waals surface area contributed by atoms with Crippen LogP contribution < -0.4 is 9.47 Å². The van der Waals surface area contributed by atoms with Gasteiger partial charge < -0.3 is 14.2 Å². The van der Waals surface area contributed by atoms with E-state index < -0.39 is 5.60 Å². The molecule has 0 atom stereocenters. The molecule has 0 fully saturated rings. The number of halogens is 1. The molecule has 0 bridgehead atoms. The highest BCUT2D eigenvalue weighted by molar-refractivity contribution is 9.10. The van der Waals surface area contributed by atoms with Crippen molar-refractivity contribution in [3.8, 4) is 11.5 Å². The number of hydrogen-bond donors (Lipinski definition) is 0. The van der Waals surface area contributed by atoms with Crippen LogP contribution in [0.4, 0.5) is 0 Å². The number of benzene rings is 2. The fourth-order valence-corrected chi connectivity index (χ4v) is 5.16. The average Bonchev–Trinajstić information content (AvgIpc) is 3.02. The summed E-state index contributed by atoms with van der Waals surface area (Å²) in [5.41, 5.74) is 1.25. The van der Waals surface area contributed by atoms with Crippen LogP contribution >= 0.6 is 27.3 Å². The molecule has 6 heteroatoms. The Bertz CT molecular complexity index is 1070. The quantitative estimate of drug-likeness (QED) is 0.232. The Hall–Kier alpha value is -2.05. The van der Waals surface area contributed by atoms with Gasteiger partial charge in [-0.1, -0.05) is 22.0 Å². The Morgan fingerprint density at radius 2 is 1.90 bits per heavy atom. The molecule has 2 aromatic carbocycles. The van der Waals surface area contributed by atoms with Crippen LogP contribution in [0.1, 0.15) is 43.2 Å². The van der Waals surface area contributed by atoms with Crippen LogP contribution in [0.5, 0.6) is 11.5 Å². The fraction of sp³-hybridized carbons (Fsp3) is 0.400. The first-order chi connectivity index (χ1) is 14.7. The summed E-state index contributed by atoms with van der Waals surface area (Å²) in [4.78, 5) is 13.5. The zero-order chi connectivity index (χ0) is 22.6. The molecule has 3 aromatic rings. The number of esters is 1. The van der Waals surface area contributed by atoms with Gasteiger partial charge in [-0.05, 0) is 94.3 Å². The predicted molar refractivity (Wildman–Crippen MR) is 131 cm³/mol. The van der Waals surface area contributed by atoms with Crippen LogP contribution in [0.15, 0.2) is 40.9 Å². The number of ether oxygens (including phenoxy) is 3. The van der Waals surface area contributed by atoms with Gasteiger partial charge in [0.2, 0.25) is 0 Å². The van der Waals surface area contributed by atoms with Crippen LogP contribution in [0.2, 0.25) is 0 Å². The van der Waals surface area contributed by atoms with E-state index in [-0.39, 0.29) is 5.97 Å². The Morgan fingerprint density at radius 1 is 1.13 bits per heavy atom. The molecule has 0 saturated carbocycles. The van der Waals surface area contributed by atoms with Crippen LogP contribution in [-0.4, -0.2) is 24.8 Å². The van der Waals surface area contributed by atoms with Crippen molar-refractivity contribution in [1.82, 2.24) is 0 Å². The lowest BCUT2D eigenvalue weighted by Crippen LogP contribution is -2.39. The molecular weight excluding hydrogens is 476 g/mol. The van der Waals surface area contributed by atoms with Crippen molar-refractivity contribution < 1.29 is 19.0 Å². The van der Waals surface area contributed by atoms with Gasteiger partial charge in [0.05, 0.1) is 13.2 Å². The van der Waals surface area contributed by atoms with E-state index in [1.165, 1.54) is 20.5 Å². The van der Waals surface area contributed by atoms with Crippen LogP contribution in [0, 0.1) is 13.8 Å². The van der Waals surface area contributed by atoms with E-state index in [2.05, 4.69) is 41.1 Å². The first-order valence-corrected chi connectivity index (χ1v) is 12.1. The molecule has 0 spiro atoms. The largest absolute Gasteiger partial charge is 0.494 e. The SMILES string of the molecule is CCOC(=O)C(C)(C)Oc1ccc(OCCCc2sc3cc(Br)ccc3c2C)cc1C. The van der Waals surface area contributed by atoms with Gasteiger partial charge in [0, 0.05) is 14.0 Å². The van der Waals surface area contributed by atoms with Crippen molar-refractivity contribution in [3.05, 3.63) is 56.9 Å². The van der Waals surface area contributed by atoms with Crippen LogP contribution in [0.25, 0.3) is 10.1 Å². The zero-order valence-corrected chi connectivity index (χ0v) is 21.1. The second-order valence-electron chi connectivity index (χ2n) is 8.00. The van der Waals surface area contributed by atoms with E-state index in [0.717, 1.165) is 28.6 Å². The highest BCUT2D eigenvalue weighted by Gasteiger charge is 2.32. The third-order valence-electron chi connectivity index (χ3n) is 5.09. The maximum Gasteiger partial charge on any atom is 0.349 e. The van der Waals surface area contributed by atoms with Crippen LogP contribution in [0.3, 0.4) is 0 Å². The highest BCUT2D eigenvalue weighted by atomic mass is 79.9. The Balaban J connectivity index is 1.55. The monoisotopic (exact) mass is 504 g/mol. The summed E-state index contributed by atoms with van der Waals surface area (Å²) in [5, 5.41) is 1.33. The summed E-state index contributed by atoms with van der Waals surface area (Å²) >= 11 is 5.41. The van der Waals surface area contributed by atoms with Gasteiger partial charge >= 0.3 is 5.97 Å². The third-order valence-corrected chi connectivity index (χ3v) is 6.90. The Labute approximate surface area is 196 Å². The fourth-order valence-electron chi connectivity index (χ4n) is 3.36. The normalized spacial score (nSPS) is 11.5. The number of fused-ring (bicyclic) bond motifs is 1. The van der Waals surface area contributed by atoms with Gasteiger partial charge in [0.25, 0.3) is 0 Å². The minimum atomic E-state index is -1.04. The smallest absolute Gasteiger partial charge is 0.349 e. The van der Waals surface area contributed by atoms with Crippen molar-refractivity contribution in [3.63, 3.8) is 0 Å². The highest BCUT2D eigenvalue weighted by Crippen LogP contribution is 2.33. The summed E-state index contributed by atoms with van der Waals surface area (Å²) < 4.78 is 19.4.